The van der Waals surface area contributed by atoms with E-state index in [1.54, 1.807) is 13.0 Å². The number of nitrogens with zero attached hydrogens (tertiary/aromatic N) is 2. The fourth-order valence-electron chi connectivity index (χ4n) is 1.73. The largest absolute Gasteiger partial charge is 0.492 e. The van der Waals surface area contributed by atoms with E-state index < -0.39 is 29.9 Å². The lowest BCUT2D eigenvalue weighted by Gasteiger charge is -2.05. The molecule has 20 heavy (non-hydrogen) atoms. The highest BCUT2D eigenvalue weighted by Gasteiger charge is 2.28. The summed E-state index contributed by atoms with van der Waals surface area (Å²) in [5.41, 5.74) is 0.151. The van der Waals surface area contributed by atoms with Crippen LogP contribution in [0.25, 0.3) is 5.65 Å². The maximum absolute atomic E-state index is 11.7. The molecule has 2 rings (SSSR count). The van der Waals surface area contributed by atoms with Crippen molar-refractivity contribution in [2.75, 3.05) is 12.9 Å². The van der Waals surface area contributed by atoms with Gasteiger partial charge in [-0.15, -0.1) is 0 Å². The molecule has 0 spiro atoms. The average molecular weight is 319 g/mol. The molecule has 0 aromatic carbocycles. The van der Waals surface area contributed by atoms with Crippen molar-refractivity contribution in [3.63, 3.8) is 0 Å². The number of nitrogens with two attached hydrogens (primary N) is 1. The monoisotopic (exact) mass is 319 g/mol. The van der Waals surface area contributed by atoms with Gasteiger partial charge in [0.1, 0.15) is 11.4 Å². The molecule has 0 radical (unpaired) electrons. The summed E-state index contributed by atoms with van der Waals surface area (Å²) in [6.45, 7) is 2.14. The Bertz CT molecular complexity index is 868. The van der Waals surface area contributed by atoms with Gasteiger partial charge < -0.3 is 4.74 Å². The highest BCUT2D eigenvalue weighted by molar-refractivity contribution is 7.93. The average Bonchev–Trinajstić information content (AvgIpc) is 2.67. The van der Waals surface area contributed by atoms with Gasteiger partial charge in [0.2, 0.25) is 0 Å². The van der Waals surface area contributed by atoms with Gasteiger partial charge in [-0.25, -0.2) is 27.0 Å². The van der Waals surface area contributed by atoms with Crippen molar-refractivity contribution >= 4 is 25.5 Å². The molecule has 2 heterocycles. The molecule has 2 aromatic heterocycles. The Morgan fingerprint density at radius 1 is 1.30 bits per heavy atom. The molecule has 0 aliphatic carbocycles. The smallest absolute Gasteiger partial charge is 0.257 e. The Balaban J connectivity index is 2.90. The molecular weight excluding hydrogens is 306 g/mol. The summed E-state index contributed by atoms with van der Waals surface area (Å²) in [4.78, 5) is 3.81. The number of sulfone groups is 1. The first-order valence-corrected chi connectivity index (χ1v) is 8.96. The Kier molecular flexibility index (Phi) is 3.48. The van der Waals surface area contributed by atoms with Gasteiger partial charge in [0.25, 0.3) is 10.0 Å². The van der Waals surface area contributed by atoms with Crippen LogP contribution in [0.3, 0.4) is 0 Å². The molecule has 0 fully saturated rings. The van der Waals surface area contributed by atoms with E-state index in [0.29, 0.717) is 12.4 Å². The number of pyridine rings is 1. The maximum Gasteiger partial charge on any atom is 0.257 e. The Morgan fingerprint density at radius 3 is 2.45 bits per heavy atom. The number of primary sulfonamides is 1. The van der Waals surface area contributed by atoms with Crippen LogP contribution in [0.15, 0.2) is 28.4 Å². The van der Waals surface area contributed by atoms with Crippen molar-refractivity contribution in [2.24, 2.45) is 5.14 Å². The normalized spacial score (nSPS) is 12.8. The van der Waals surface area contributed by atoms with Crippen LogP contribution in [0.4, 0.5) is 0 Å². The standard InChI is InChI=1S/C10H13N3O5S2/c1-3-18-7-4-5-8-12-9(19(2,14)15)10(13(8)6-7)20(11,16)17/h4-6H,3H2,1-2H3,(H2,11,16,17). The summed E-state index contributed by atoms with van der Waals surface area (Å²) >= 11 is 0. The first-order chi connectivity index (χ1) is 9.14. The first kappa shape index (κ1) is 14.8. The van der Waals surface area contributed by atoms with E-state index in [2.05, 4.69) is 4.98 Å². The van der Waals surface area contributed by atoms with Gasteiger partial charge in [0, 0.05) is 6.26 Å². The second kappa shape index (κ2) is 4.72. The van der Waals surface area contributed by atoms with Crippen LogP contribution in [-0.2, 0) is 19.9 Å². The summed E-state index contributed by atoms with van der Waals surface area (Å²) in [6.07, 6.45) is 2.20. The maximum atomic E-state index is 11.7. The fraction of sp³-hybridized carbons (Fsp3) is 0.300. The molecule has 0 bridgehead atoms. The molecule has 0 unspecified atom stereocenters. The molecule has 0 aliphatic rings. The Labute approximate surface area is 116 Å². The van der Waals surface area contributed by atoms with E-state index in [4.69, 9.17) is 9.88 Å². The first-order valence-electron chi connectivity index (χ1n) is 5.52. The van der Waals surface area contributed by atoms with Gasteiger partial charge in [-0.3, -0.25) is 4.40 Å². The van der Waals surface area contributed by atoms with Gasteiger partial charge in [-0.05, 0) is 19.1 Å². The Morgan fingerprint density at radius 2 is 1.95 bits per heavy atom. The highest BCUT2D eigenvalue weighted by Crippen LogP contribution is 2.23. The molecule has 2 N–H and O–H groups in total. The summed E-state index contributed by atoms with van der Waals surface area (Å²) in [5.74, 6) is 0.377. The fourth-order valence-corrected chi connectivity index (χ4v) is 3.92. The highest BCUT2D eigenvalue weighted by atomic mass is 32.2. The number of sulfonamides is 1. The number of imidazole rings is 1. The van der Waals surface area contributed by atoms with Crippen LogP contribution in [0, 0.1) is 0 Å². The summed E-state index contributed by atoms with van der Waals surface area (Å²) in [5, 5.41) is 3.95. The molecular formula is C10H13N3O5S2. The van der Waals surface area contributed by atoms with Gasteiger partial charge in [0.05, 0.1) is 12.8 Å². The summed E-state index contributed by atoms with van der Waals surface area (Å²) < 4.78 is 53.0. The second-order valence-electron chi connectivity index (χ2n) is 4.07. The number of hydrogen-bond acceptors (Lipinski definition) is 6. The van der Waals surface area contributed by atoms with E-state index in [0.717, 1.165) is 10.7 Å². The van der Waals surface area contributed by atoms with E-state index >= 15 is 0 Å². The molecule has 0 atom stereocenters. The molecule has 2 aromatic rings. The minimum Gasteiger partial charge on any atom is -0.492 e. The SMILES string of the molecule is CCOc1ccc2nc(S(C)(=O)=O)c(S(N)(=O)=O)n2c1. The van der Waals surface area contributed by atoms with E-state index in [1.165, 1.54) is 12.3 Å². The van der Waals surface area contributed by atoms with Crippen LogP contribution < -0.4 is 9.88 Å². The quantitative estimate of drug-likeness (QED) is 0.832. The van der Waals surface area contributed by atoms with Gasteiger partial charge in [-0.2, -0.15) is 0 Å². The molecule has 110 valence electrons. The van der Waals surface area contributed by atoms with Crippen LogP contribution >= 0.6 is 0 Å². The number of aromatic nitrogens is 2. The van der Waals surface area contributed by atoms with Crippen LogP contribution in [-0.4, -0.2) is 39.1 Å². The zero-order chi connectivity index (χ0) is 15.1. The number of hydrogen-bond donors (Lipinski definition) is 1. The minimum absolute atomic E-state index is 0.151. The molecule has 8 nitrogen and oxygen atoms in total. The lowest BCUT2D eigenvalue weighted by atomic mass is 10.4. The van der Waals surface area contributed by atoms with Crippen molar-refractivity contribution in [1.29, 1.82) is 0 Å². The number of fused-ring (bicyclic) bond motifs is 1. The number of ether oxygens (including phenoxy) is 1. The van der Waals surface area contributed by atoms with Crippen molar-refractivity contribution in [1.82, 2.24) is 9.38 Å². The second-order valence-corrected chi connectivity index (χ2v) is 7.47. The molecule has 0 aliphatic heterocycles. The van der Waals surface area contributed by atoms with Crippen molar-refractivity contribution in [2.45, 2.75) is 17.0 Å². The third kappa shape index (κ3) is 2.62. The van der Waals surface area contributed by atoms with Crippen molar-refractivity contribution < 1.29 is 21.6 Å². The van der Waals surface area contributed by atoms with Crippen molar-refractivity contribution in [3.05, 3.63) is 18.3 Å². The van der Waals surface area contributed by atoms with Gasteiger partial charge in [-0.1, -0.05) is 0 Å². The lowest BCUT2D eigenvalue weighted by molar-refractivity contribution is 0.338. The minimum atomic E-state index is -4.27. The van der Waals surface area contributed by atoms with Crippen molar-refractivity contribution in [3.8, 4) is 5.75 Å². The zero-order valence-electron chi connectivity index (χ0n) is 10.8. The zero-order valence-corrected chi connectivity index (χ0v) is 12.4. The predicted molar refractivity (Wildman–Crippen MR) is 70.8 cm³/mol. The predicted octanol–water partition coefficient (Wildman–Crippen LogP) is -0.216. The lowest BCUT2D eigenvalue weighted by Crippen LogP contribution is -2.18. The molecule has 0 saturated heterocycles. The van der Waals surface area contributed by atoms with Crippen LogP contribution in [0.5, 0.6) is 5.75 Å². The summed E-state index contributed by atoms with van der Waals surface area (Å²) in [6, 6.07) is 3.01. The molecule has 0 amide bonds. The van der Waals surface area contributed by atoms with Gasteiger partial charge >= 0.3 is 0 Å². The van der Waals surface area contributed by atoms with E-state index in [-0.39, 0.29) is 5.65 Å². The van der Waals surface area contributed by atoms with Gasteiger partial charge in [0.15, 0.2) is 19.9 Å². The number of rotatable bonds is 4. The topological polar surface area (TPSA) is 121 Å². The molecule has 10 heteroatoms. The summed E-state index contributed by atoms with van der Waals surface area (Å²) in [7, 11) is -8.10. The van der Waals surface area contributed by atoms with Crippen LogP contribution in [0.2, 0.25) is 0 Å². The third-order valence-electron chi connectivity index (χ3n) is 2.45. The third-order valence-corrected chi connectivity index (χ3v) is 4.49. The molecule has 0 saturated carbocycles. The van der Waals surface area contributed by atoms with Crippen LogP contribution in [0.1, 0.15) is 6.92 Å². The van der Waals surface area contributed by atoms with E-state index in [1.807, 2.05) is 0 Å². The Hall–Kier alpha value is -1.65. The van der Waals surface area contributed by atoms with E-state index in [9.17, 15) is 16.8 Å².